The van der Waals surface area contributed by atoms with E-state index in [-0.39, 0.29) is 29.6 Å². The Bertz CT molecular complexity index is 1030. The third-order valence-corrected chi connectivity index (χ3v) is 7.33. The molecule has 0 saturated carbocycles. The van der Waals surface area contributed by atoms with Crippen LogP contribution in [0.4, 0.5) is 14.5 Å². The van der Waals surface area contributed by atoms with E-state index in [4.69, 9.17) is 23.2 Å². The smallest absolute Gasteiger partial charge is 0.227 e. The Balaban J connectivity index is 1.58. The van der Waals surface area contributed by atoms with Gasteiger partial charge < -0.3 is 5.32 Å². The molecule has 0 radical (unpaired) electrons. The van der Waals surface area contributed by atoms with Crippen LogP contribution < -0.4 is 5.32 Å². The van der Waals surface area contributed by atoms with Crippen LogP contribution in [0.5, 0.6) is 0 Å². The third-order valence-electron chi connectivity index (χ3n) is 4.74. The normalized spacial score (nSPS) is 16.0. The van der Waals surface area contributed by atoms with E-state index in [1.54, 1.807) is 12.1 Å². The molecule has 1 amide bonds. The zero-order valence-corrected chi connectivity index (χ0v) is 17.5. The minimum absolute atomic E-state index is 0.105. The van der Waals surface area contributed by atoms with Gasteiger partial charge in [0.2, 0.25) is 15.9 Å². The second-order valence-electron chi connectivity index (χ2n) is 6.79. The largest absolute Gasteiger partial charge is 0.323 e. The van der Waals surface area contributed by atoms with Crippen molar-refractivity contribution in [3.05, 3.63) is 63.6 Å². The van der Waals surface area contributed by atoms with Crippen molar-refractivity contribution >= 4 is 44.8 Å². The Labute approximate surface area is 177 Å². The molecule has 29 heavy (non-hydrogen) atoms. The highest BCUT2D eigenvalue weighted by Gasteiger charge is 2.31. The lowest BCUT2D eigenvalue weighted by molar-refractivity contribution is -0.120. The second-order valence-corrected chi connectivity index (χ2v) is 9.57. The average Bonchev–Trinajstić information content (AvgIpc) is 2.67. The van der Waals surface area contributed by atoms with Crippen molar-refractivity contribution in [2.75, 3.05) is 18.4 Å². The molecule has 156 valence electrons. The summed E-state index contributed by atoms with van der Waals surface area (Å²) in [7, 11) is -3.59. The SMILES string of the molecule is O=C(Nc1ccc(F)cc1F)C1CCN(S(=O)(=O)Cc2ccc(Cl)c(Cl)c2)CC1. The van der Waals surface area contributed by atoms with Crippen LogP contribution in [0.1, 0.15) is 18.4 Å². The van der Waals surface area contributed by atoms with Gasteiger partial charge in [-0.15, -0.1) is 0 Å². The maximum atomic E-state index is 13.7. The van der Waals surface area contributed by atoms with Crippen LogP contribution in [0.25, 0.3) is 0 Å². The summed E-state index contributed by atoms with van der Waals surface area (Å²) in [6.07, 6.45) is 0.602. The predicted molar refractivity (Wildman–Crippen MR) is 108 cm³/mol. The molecule has 1 heterocycles. The first-order chi connectivity index (χ1) is 13.7. The number of carbonyl (C=O) groups is 1. The van der Waals surface area contributed by atoms with E-state index < -0.39 is 33.5 Å². The molecule has 0 bridgehead atoms. The van der Waals surface area contributed by atoms with Crippen LogP contribution in [0.3, 0.4) is 0 Å². The van der Waals surface area contributed by atoms with Gasteiger partial charge in [-0.3, -0.25) is 4.79 Å². The van der Waals surface area contributed by atoms with Crippen molar-refractivity contribution in [2.24, 2.45) is 5.92 Å². The lowest BCUT2D eigenvalue weighted by atomic mass is 9.97. The van der Waals surface area contributed by atoms with Gasteiger partial charge in [-0.05, 0) is 42.7 Å². The summed E-state index contributed by atoms with van der Waals surface area (Å²) >= 11 is 11.8. The molecule has 10 heteroatoms. The number of rotatable bonds is 5. The lowest BCUT2D eigenvalue weighted by Crippen LogP contribution is -2.41. The van der Waals surface area contributed by atoms with Gasteiger partial charge in [-0.1, -0.05) is 29.3 Å². The summed E-state index contributed by atoms with van der Waals surface area (Å²) in [5.74, 6) is -2.70. The van der Waals surface area contributed by atoms with Crippen LogP contribution in [0.2, 0.25) is 10.0 Å². The molecule has 0 spiro atoms. The van der Waals surface area contributed by atoms with Crippen molar-refractivity contribution < 1.29 is 22.0 Å². The molecule has 5 nitrogen and oxygen atoms in total. The Morgan fingerprint density at radius 2 is 1.76 bits per heavy atom. The standard InChI is InChI=1S/C19H18Cl2F2N2O3S/c20-15-3-1-12(9-16(15)21)11-29(27,28)25-7-5-13(6-8-25)19(26)24-18-4-2-14(22)10-17(18)23/h1-4,9-10,13H,5-8,11H2,(H,24,26). The number of halogens is 4. The number of carbonyl (C=O) groups excluding carboxylic acids is 1. The summed E-state index contributed by atoms with van der Waals surface area (Å²) < 4.78 is 53.3. The molecule has 1 aliphatic heterocycles. The maximum absolute atomic E-state index is 13.7. The number of amides is 1. The van der Waals surface area contributed by atoms with Gasteiger partial charge >= 0.3 is 0 Å². The Morgan fingerprint density at radius 3 is 2.38 bits per heavy atom. The molecule has 2 aromatic carbocycles. The lowest BCUT2D eigenvalue weighted by Gasteiger charge is -2.30. The number of piperidine rings is 1. The molecule has 0 aromatic heterocycles. The number of anilines is 1. The zero-order chi connectivity index (χ0) is 21.2. The van der Waals surface area contributed by atoms with Crippen LogP contribution in [-0.2, 0) is 20.6 Å². The molecule has 2 aromatic rings. The summed E-state index contributed by atoms with van der Waals surface area (Å²) in [6.45, 7) is 0.348. The molecular weight excluding hydrogens is 445 g/mol. The fourth-order valence-electron chi connectivity index (χ4n) is 3.15. The Hall–Kier alpha value is -1.74. The monoisotopic (exact) mass is 462 g/mol. The maximum Gasteiger partial charge on any atom is 0.227 e. The van der Waals surface area contributed by atoms with Gasteiger partial charge in [0.1, 0.15) is 11.6 Å². The summed E-state index contributed by atoms with van der Waals surface area (Å²) in [4.78, 5) is 12.4. The number of hydrogen-bond acceptors (Lipinski definition) is 3. The predicted octanol–water partition coefficient (Wildman–Crippen LogP) is 4.45. The third kappa shape index (κ3) is 5.45. The van der Waals surface area contributed by atoms with Crippen molar-refractivity contribution in [3.8, 4) is 0 Å². The topological polar surface area (TPSA) is 66.5 Å². The van der Waals surface area contributed by atoms with Gasteiger partial charge in [0.05, 0.1) is 21.5 Å². The molecule has 1 fully saturated rings. The molecular formula is C19H18Cl2F2N2O3S. The number of hydrogen-bond donors (Lipinski definition) is 1. The van der Waals surface area contributed by atoms with Gasteiger partial charge in [0, 0.05) is 25.1 Å². The van der Waals surface area contributed by atoms with Crippen molar-refractivity contribution in [3.63, 3.8) is 0 Å². The quantitative estimate of drug-likeness (QED) is 0.713. The first-order valence-corrected chi connectivity index (χ1v) is 11.2. The number of benzene rings is 2. The van der Waals surface area contributed by atoms with E-state index in [0.717, 1.165) is 12.1 Å². The first kappa shape index (κ1) is 22.0. The van der Waals surface area contributed by atoms with Crippen LogP contribution in [0.15, 0.2) is 36.4 Å². The highest BCUT2D eigenvalue weighted by molar-refractivity contribution is 7.88. The molecule has 0 unspecified atom stereocenters. The number of nitrogens with one attached hydrogen (secondary N) is 1. The van der Waals surface area contributed by atoms with Crippen LogP contribution in [0, 0.1) is 17.6 Å². The highest BCUT2D eigenvalue weighted by Crippen LogP contribution is 2.26. The van der Waals surface area contributed by atoms with Gasteiger partial charge in [-0.2, -0.15) is 0 Å². The Kier molecular flexibility index (Phi) is 6.78. The molecule has 1 N–H and O–H groups in total. The first-order valence-electron chi connectivity index (χ1n) is 8.83. The Morgan fingerprint density at radius 1 is 1.07 bits per heavy atom. The van der Waals surface area contributed by atoms with Crippen LogP contribution >= 0.6 is 23.2 Å². The van der Waals surface area contributed by atoms with E-state index >= 15 is 0 Å². The molecule has 0 atom stereocenters. The minimum atomic E-state index is -3.59. The summed E-state index contributed by atoms with van der Waals surface area (Å²) in [5, 5.41) is 3.06. The highest BCUT2D eigenvalue weighted by atomic mass is 35.5. The van der Waals surface area contributed by atoms with E-state index in [1.807, 2.05) is 0 Å². The molecule has 3 rings (SSSR count). The number of nitrogens with zero attached hydrogens (tertiary/aromatic N) is 1. The molecule has 1 saturated heterocycles. The van der Waals surface area contributed by atoms with E-state index in [2.05, 4.69) is 5.32 Å². The summed E-state index contributed by atoms with van der Waals surface area (Å²) in [6, 6.07) is 7.55. The van der Waals surface area contributed by atoms with Crippen LogP contribution in [-0.4, -0.2) is 31.7 Å². The molecule has 1 aliphatic rings. The fourth-order valence-corrected chi connectivity index (χ4v) is 5.02. The van der Waals surface area contributed by atoms with Crippen molar-refractivity contribution in [2.45, 2.75) is 18.6 Å². The van der Waals surface area contributed by atoms with Gasteiger partial charge in [0.15, 0.2) is 0 Å². The van der Waals surface area contributed by atoms with Crippen molar-refractivity contribution in [1.82, 2.24) is 4.31 Å². The van der Waals surface area contributed by atoms with E-state index in [0.29, 0.717) is 29.5 Å². The van der Waals surface area contributed by atoms with E-state index in [9.17, 15) is 22.0 Å². The average molecular weight is 463 g/mol. The molecule has 0 aliphatic carbocycles. The van der Waals surface area contributed by atoms with Gasteiger partial charge in [-0.25, -0.2) is 21.5 Å². The van der Waals surface area contributed by atoms with Crippen molar-refractivity contribution in [1.29, 1.82) is 0 Å². The zero-order valence-electron chi connectivity index (χ0n) is 15.2. The minimum Gasteiger partial charge on any atom is -0.323 e. The van der Waals surface area contributed by atoms with Gasteiger partial charge in [0.25, 0.3) is 0 Å². The summed E-state index contributed by atoms with van der Waals surface area (Å²) in [5.41, 5.74) is 0.414. The second kappa shape index (κ2) is 8.95. The van der Waals surface area contributed by atoms with E-state index in [1.165, 1.54) is 10.4 Å². The fraction of sp³-hybridized carbons (Fsp3) is 0.316. The number of sulfonamides is 1.